The molecular formula is C5H5N2V-. The minimum atomic E-state index is 0. The van der Waals surface area contributed by atoms with Crippen LogP contribution in [0.25, 0.3) is 0 Å². The third kappa shape index (κ3) is 2.10. The normalized spacial score (nSPS) is 9.25. The summed E-state index contributed by atoms with van der Waals surface area (Å²) in [7, 11) is 0. The number of rotatable bonds is 0. The Morgan fingerprint density at radius 2 is 2.62 bits per heavy atom. The summed E-state index contributed by atoms with van der Waals surface area (Å²) < 4.78 is 6.81. The van der Waals surface area contributed by atoms with E-state index in [0.717, 1.165) is 0 Å². The average Bonchev–Trinajstić information content (AvgIpc) is 1.90. The van der Waals surface area contributed by atoms with Crippen molar-refractivity contribution in [3.05, 3.63) is 24.3 Å². The Morgan fingerprint density at radius 3 is 3.00 bits per heavy atom. The van der Waals surface area contributed by atoms with Gasteiger partial charge in [0, 0.05) is 19.9 Å². The number of hydrogen-bond donors (Lipinski definition) is 0. The van der Waals surface area contributed by atoms with E-state index in [1.807, 2.05) is 0 Å². The summed E-state index contributed by atoms with van der Waals surface area (Å²) in [4.78, 5) is 7.44. The van der Waals surface area contributed by atoms with Crippen molar-refractivity contribution in [1.29, 1.82) is 0 Å². The first kappa shape index (κ1) is 5.79. The van der Waals surface area contributed by atoms with Gasteiger partial charge in [-0.25, -0.2) is 0 Å². The molecule has 2 nitrogen and oxygen atoms in total. The Hall–Kier alpha value is -0.336. The molecule has 8 heavy (non-hydrogen) atoms. The van der Waals surface area contributed by atoms with Crippen LogP contribution in [-0.4, -0.2) is 9.97 Å². The van der Waals surface area contributed by atoms with Crippen molar-refractivity contribution in [2.75, 3.05) is 0 Å². The number of aromatic nitrogens is 2. The minimum absolute atomic E-state index is 0. The van der Waals surface area contributed by atoms with Gasteiger partial charge >= 0.3 is 0 Å². The van der Waals surface area contributed by atoms with E-state index < -0.39 is 0 Å². The van der Waals surface area contributed by atoms with Gasteiger partial charge in [0.1, 0.15) is 0 Å². The second kappa shape index (κ2) is 3.64. The molecule has 0 unspecified atom stereocenters. The summed E-state index contributed by atoms with van der Waals surface area (Å²) in [5, 5.41) is 0. The summed E-state index contributed by atoms with van der Waals surface area (Å²) in [5.41, 5.74) is 0.590. The molecule has 0 aromatic carbocycles. The molecule has 41 valence electrons. The molecule has 0 saturated heterocycles. The van der Waals surface area contributed by atoms with Gasteiger partial charge in [-0.05, 0) is 18.8 Å². The van der Waals surface area contributed by atoms with E-state index in [0.29, 0.717) is 5.69 Å². The zero-order valence-electron chi connectivity index (χ0n) is 5.20. The molecule has 3 heteroatoms. The fourth-order valence-electron chi connectivity index (χ4n) is 0.297. The Kier molecular flexibility index (Phi) is 2.64. The third-order valence-electron chi connectivity index (χ3n) is 0.565. The Balaban J connectivity index is 0.000000640. The zero-order chi connectivity index (χ0) is 5.82. The summed E-state index contributed by atoms with van der Waals surface area (Å²) in [6.07, 6.45) is 5.67. The van der Waals surface area contributed by atoms with Gasteiger partial charge in [0.05, 0.1) is 0 Å². The van der Waals surface area contributed by atoms with Crippen LogP contribution in [0.15, 0.2) is 12.4 Å². The van der Waals surface area contributed by atoms with Crippen molar-refractivity contribution in [3.63, 3.8) is 0 Å². The SMILES string of the molecule is [2H]Cc1[c-]nccn1.[V]. The second-order valence-corrected chi connectivity index (χ2v) is 1.11. The molecule has 0 amide bonds. The van der Waals surface area contributed by atoms with Gasteiger partial charge in [0.2, 0.25) is 0 Å². The predicted molar refractivity (Wildman–Crippen MR) is 25.6 cm³/mol. The molecule has 0 spiro atoms. The summed E-state index contributed by atoms with van der Waals surface area (Å²) >= 11 is 0. The van der Waals surface area contributed by atoms with E-state index >= 15 is 0 Å². The van der Waals surface area contributed by atoms with Crippen LogP contribution < -0.4 is 0 Å². The van der Waals surface area contributed by atoms with E-state index in [4.69, 9.17) is 1.37 Å². The van der Waals surface area contributed by atoms with E-state index in [9.17, 15) is 0 Å². The molecular weight excluding hydrogens is 139 g/mol. The molecule has 1 aromatic heterocycles. The van der Waals surface area contributed by atoms with Crippen LogP contribution in [0.1, 0.15) is 7.06 Å². The van der Waals surface area contributed by atoms with Gasteiger partial charge in [-0.15, -0.1) is 12.4 Å². The molecule has 1 aromatic rings. The van der Waals surface area contributed by atoms with Crippen LogP contribution in [0.2, 0.25) is 0 Å². The zero-order valence-corrected chi connectivity index (χ0v) is 5.60. The quantitative estimate of drug-likeness (QED) is 0.499. The van der Waals surface area contributed by atoms with Crippen molar-refractivity contribution in [3.8, 4) is 0 Å². The smallest absolute Gasteiger partial charge is 0.0279 e. The van der Waals surface area contributed by atoms with Crippen molar-refractivity contribution in [1.82, 2.24) is 9.97 Å². The summed E-state index contributed by atoms with van der Waals surface area (Å²) in [6.45, 7) is 0.161. The molecule has 0 aliphatic heterocycles. The Bertz CT molecular complexity index is 156. The molecule has 0 fully saturated rings. The van der Waals surface area contributed by atoms with E-state index in [1.165, 1.54) is 0 Å². The number of aryl methyl sites for hydroxylation is 1. The molecule has 0 saturated carbocycles. The van der Waals surface area contributed by atoms with Crippen LogP contribution in [0, 0.1) is 13.1 Å². The van der Waals surface area contributed by atoms with Gasteiger partial charge in [0.25, 0.3) is 0 Å². The van der Waals surface area contributed by atoms with Crippen LogP contribution in [0.3, 0.4) is 0 Å². The van der Waals surface area contributed by atoms with Crippen LogP contribution >= 0.6 is 0 Å². The maximum absolute atomic E-state index is 6.81. The fraction of sp³-hybridized carbons (Fsp3) is 0.200. The largest absolute Gasteiger partial charge is 0.456 e. The van der Waals surface area contributed by atoms with E-state index in [1.54, 1.807) is 12.4 Å². The minimum Gasteiger partial charge on any atom is -0.456 e. The van der Waals surface area contributed by atoms with Gasteiger partial charge < -0.3 is 4.98 Å². The Labute approximate surface area is 61.6 Å². The van der Waals surface area contributed by atoms with Gasteiger partial charge in [-0.3, -0.25) is 4.98 Å². The summed E-state index contributed by atoms with van der Waals surface area (Å²) in [5.74, 6) is 0. The van der Waals surface area contributed by atoms with Crippen molar-refractivity contribution < 1.29 is 19.9 Å². The standard InChI is InChI=1S/C5H5N2.V/c1-5-4-6-2-3-7-5;/h2-3H,1H3;/q-1;/i1D;. The van der Waals surface area contributed by atoms with Crippen LogP contribution in [0.4, 0.5) is 0 Å². The summed E-state index contributed by atoms with van der Waals surface area (Å²) in [6, 6.07) is 0. The topological polar surface area (TPSA) is 25.8 Å². The first-order valence-corrected chi connectivity index (χ1v) is 1.90. The molecule has 0 aliphatic rings. The van der Waals surface area contributed by atoms with Crippen LogP contribution in [-0.2, 0) is 18.6 Å². The van der Waals surface area contributed by atoms with Gasteiger partial charge in [-0.2, -0.15) is 0 Å². The fourth-order valence-corrected chi connectivity index (χ4v) is 0.297. The van der Waals surface area contributed by atoms with Crippen LogP contribution in [0.5, 0.6) is 0 Å². The number of nitrogens with zero attached hydrogens (tertiary/aromatic N) is 2. The Morgan fingerprint density at radius 1 is 1.75 bits per heavy atom. The van der Waals surface area contributed by atoms with Crippen molar-refractivity contribution >= 4 is 0 Å². The molecule has 1 heterocycles. The predicted octanol–water partition coefficient (Wildman–Crippen LogP) is 0.583. The first-order chi connectivity index (χ1) is 3.93. The second-order valence-electron chi connectivity index (χ2n) is 1.11. The monoisotopic (exact) mass is 145 g/mol. The average molecular weight is 145 g/mol. The molecule has 0 atom stereocenters. The van der Waals surface area contributed by atoms with Crippen molar-refractivity contribution in [2.24, 2.45) is 0 Å². The molecule has 0 bridgehead atoms. The molecule has 1 rings (SSSR count). The van der Waals surface area contributed by atoms with Gasteiger partial charge in [0.15, 0.2) is 0 Å². The molecule has 0 aliphatic carbocycles. The third-order valence-corrected chi connectivity index (χ3v) is 0.565. The molecule has 1 radical (unpaired) electrons. The molecule has 0 N–H and O–H groups in total. The van der Waals surface area contributed by atoms with Crippen molar-refractivity contribution in [2.45, 2.75) is 6.90 Å². The van der Waals surface area contributed by atoms with Gasteiger partial charge in [-0.1, -0.05) is 0 Å². The first-order valence-electron chi connectivity index (χ1n) is 2.61. The van der Waals surface area contributed by atoms with E-state index in [-0.39, 0.29) is 25.5 Å². The van der Waals surface area contributed by atoms with E-state index in [2.05, 4.69) is 16.2 Å². The maximum atomic E-state index is 6.81. The maximum Gasteiger partial charge on any atom is 0.0279 e. The number of hydrogen-bond acceptors (Lipinski definition) is 2.